The molecule has 1 aromatic heterocycles. The van der Waals surface area contributed by atoms with Crippen LogP contribution in [0.25, 0.3) is 0 Å². The number of nitrogens with zero attached hydrogens (tertiary/aromatic N) is 2. The third-order valence-electron chi connectivity index (χ3n) is 6.40. The molecule has 3 rings (SSSR count). The van der Waals surface area contributed by atoms with Crippen LogP contribution in [-0.2, 0) is 29.8 Å². The van der Waals surface area contributed by atoms with Gasteiger partial charge in [-0.25, -0.2) is 0 Å². The number of ether oxygens (including phenoxy) is 1. The van der Waals surface area contributed by atoms with Crippen molar-refractivity contribution in [3.63, 3.8) is 0 Å². The Morgan fingerprint density at radius 2 is 1.63 bits per heavy atom. The topological polar surface area (TPSA) is 37.6 Å². The van der Waals surface area contributed by atoms with Crippen LogP contribution in [0.15, 0.2) is 72.9 Å². The van der Waals surface area contributed by atoms with E-state index in [1.165, 1.54) is 16.8 Å². The van der Waals surface area contributed by atoms with Crippen molar-refractivity contribution in [2.24, 2.45) is 5.92 Å². The summed E-state index contributed by atoms with van der Waals surface area (Å²) in [6.07, 6.45) is 2.75. The summed E-state index contributed by atoms with van der Waals surface area (Å²) in [7, 11) is 0. The first-order valence-corrected chi connectivity index (χ1v) is 13.0. The van der Waals surface area contributed by atoms with Gasteiger partial charge < -0.3 is 14.4 Å². The number of hydrogen-bond acceptors (Lipinski definition) is 3. The number of aliphatic hydroxyl groups is 1. The molecule has 4 nitrogen and oxygen atoms in total. The molecule has 0 spiro atoms. The van der Waals surface area contributed by atoms with Gasteiger partial charge in [0.2, 0.25) is 0 Å². The molecule has 2 aromatic carbocycles. The predicted octanol–water partition coefficient (Wildman–Crippen LogP) is 6.26. The molecule has 35 heavy (non-hydrogen) atoms. The van der Waals surface area contributed by atoms with Gasteiger partial charge in [0, 0.05) is 31.5 Å². The summed E-state index contributed by atoms with van der Waals surface area (Å²) in [4.78, 5) is 2.37. The maximum atomic E-state index is 10.7. The van der Waals surface area contributed by atoms with Gasteiger partial charge in [-0.2, -0.15) is 0 Å². The largest absolute Gasteiger partial charge is 0.389 e. The summed E-state index contributed by atoms with van der Waals surface area (Å²) in [6.45, 7) is 15.4. The lowest BCUT2D eigenvalue weighted by molar-refractivity contribution is 0.00757. The number of hydrogen-bond donors (Lipinski definition) is 1. The second kappa shape index (κ2) is 13.1. The van der Waals surface area contributed by atoms with E-state index in [0.29, 0.717) is 25.7 Å². The van der Waals surface area contributed by atoms with Crippen molar-refractivity contribution in [1.29, 1.82) is 0 Å². The van der Waals surface area contributed by atoms with E-state index >= 15 is 0 Å². The fourth-order valence-electron chi connectivity index (χ4n) is 4.20. The van der Waals surface area contributed by atoms with Crippen LogP contribution in [0.5, 0.6) is 0 Å². The molecule has 0 aliphatic rings. The average molecular weight is 477 g/mol. The van der Waals surface area contributed by atoms with Gasteiger partial charge >= 0.3 is 0 Å². The minimum atomic E-state index is -0.515. The van der Waals surface area contributed by atoms with E-state index in [1.807, 2.05) is 30.3 Å². The van der Waals surface area contributed by atoms with Crippen molar-refractivity contribution < 1.29 is 9.84 Å². The van der Waals surface area contributed by atoms with Gasteiger partial charge in [0.15, 0.2) is 0 Å². The van der Waals surface area contributed by atoms with Crippen molar-refractivity contribution >= 4 is 0 Å². The molecular weight excluding hydrogens is 432 g/mol. The molecule has 0 saturated heterocycles. The summed E-state index contributed by atoms with van der Waals surface area (Å²) in [5, 5.41) is 10.7. The maximum Gasteiger partial charge on any atom is 0.0900 e. The molecule has 0 saturated carbocycles. The molecule has 190 valence electrons. The van der Waals surface area contributed by atoms with E-state index in [2.05, 4.69) is 86.7 Å². The molecule has 0 radical (unpaired) electrons. The fraction of sp³-hybridized carbons (Fsp3) is 0.484. The standard InChI is InChI=1S/C31H44N2O2/c1-25(2)17-19-32(22-30(34)24-35-23-27-10-7-6-8-11-27)21-29-12-9-18-33(29)20-26-13-15-28(16-14-26)31(3,4)5/h6-16,18,25,30,34H,17,19-24H2,1-5H3. The maximum absolute atomic E-state index is 10.7. The van der Waals surface area contributed by atoms with Crippen LogP contribution in [0.4, 0.5) is 0 Å². The van der Waals surface area contributed by atoms with Crippen LogP contribution in [0.2, 0.25) is 0 Å². The molecule has 0 amide bonds. The number of aromatic nitrogens is 1. The molecule has 0 aliphatic heterocycles. The van der Waals surface area contributed by atoms with E-state index in [-0.39, 0.29) is 5.41 Å². The van der Waals surface area contributed by atoms with E-state index in [4.69, 9.17) is 4.74 Å². The van der Waals surface area contributed by atoms with E-state index in [0.717, 1.165) is 31.6 Å². The van der Waals surface area contributed by atoms with E-state index in [1.54, 1.807) is 0 Å². The van der Waals surface area contributed by atoms with Crippen LogP contribution in [0, 0.1) is 5.92 Å². The highest BCUT2D eigenvalue weighted by molar-refractivity contribution is 5.28. The van der Waals surface area contributed by atoms with E-state index < -0.39 is 6.10 Å². The Balaban J connectivity index is 1.59. The lowest BCUT2D eigenvalue weighted by atomic mass is 9.87. The van der Waals surface area contributed by atoms with Crippen molar-refractivity contribution in [2.75, 3.05) is 19.7 Å². The number of benzene rings is 2. The van der Waals surface area contributed by atoms with Gasteiger partial charge in [0.25, 0.3) is 0 Å². The van der Waals surface area contributed by atoms with Crippen molar-refractivity contribution in [2.45, 2.75) is 72.3 Å². The van der Waals surface area contributed by atoms with Gasteiger partial charge in [-0.05, 0) is 53.1 Å². The molecule has 0 aliphatic carbocycles. The van der Waals surface area contributed by atoms with Crippen LogP contribution in [0.1, 0.15) is 63.4 Å². The van der Waals surface area contributed by atoms with Gasteiger partial charge in [0.05, 0.1) is 19.3 Å². The van der Waals surface area contributed by atoms with Crippen molar-refractivity contribution in [3.05, 3.63) is 95.3 Å². The molecule has 0 bridgehead atoms. The molecule has 0 fully saturated rings. The first-order valence-electron chi connectivity index (χ1n) is 13.0. The smallest absolute Gasteiger partial charge is 0.0900 e. The van der Waals surface area contributed by atoms with E-state index in [9.17, 15) is 5.11 Å². The first-order chi connectivity index (χ1) is 16.7. The zero-order valence-corrected chi connectivity index (χ0v) is 22.3. The summed E-state index contributed by atoms with van der Waals surface area (Å²) in [5.74, 6) is 0.622. The van der Waals surface area contributed by atoms with Gasteiger partial charge in [0.1, 0.15) is 0 Å². The Labute approximate surface area is 212 Å². The van der Waals surface area contributed by atoms with Gasteiger partial charge in [-0.3, -0.25) is 4.90 Å². The average Bonchev–Trinajstić information content (AvgIpc) is 3.24. The Kier molecular flexibility index (Phi) is 10.1. The molecule has 1 atom stereocenters. The second-order valence-electron chi connectivity index (χ2n) is 11.1. The zero-order valence-electron chi connectivity index (χ0n) is 22.3. The highest BCUT2D eigenvalue weighted by atomic mass is 16.5. The Morgan fingerprint density at radius 1 is 0.914 bits per heavy atom. The van der Waals surface area contributed by atoms with Crippen LogP contribution in [0.3, 0.4) is 0 Å². The summed E-state index contributed by atoms with van der Waals surface area (Å²) in [6, 6.07) is 23.4. The predicted molar refractivity (Wildman–Crippen MR) is 146 cm³/mol. The molecule has 4 heteroatoms. The lowest BCUT2D eigenvalue weighted by Crippen LogP contribution is -2.36. The lowest BCUT2D eigenvalue weighted by Gasteiger charge is -2.26. The van der Waals surface area contributed by atoms with Crippen molar-refractivity contribution in [1.82, 2.24) is 9.47 Å². The first kappa shape index (κ1) is 27.2. The van der Waals surface area contributed by atoms with Gasteiger partial charge in [-0.15, -0.1) is 0 Å². The minimum absolute atomic E-state index is 0.166. The highest BCUT2D eigenvalue weighted by Crippen LogP contribution is 2.22. The third kappa shape index (κ3) is 9.29. The molecule has 1 unspecified atom stereocenters. The summed E-state index contributed by atoms with van der Waals surface area (Å²) < 4.78 is 8.12. The molecule has 1 heterocycles. The van der Waals surface area contributed by atoms with Crippen LogP contribution >= 0.6 is 0 Å². The van der Waals surface area contributed by atoms with Crippen LogP contribution in [-0.4, -0.2) is 40.4 Å². The summed E-state index contributed by atoms with van der Waals surface area (Å²) in [5.41, 5.74) is 5.23. The molecule has 1 N–H and O–H groups in total. The fourth-order valence-corrected chi connectivity index (χ4v) is 4.20. The Bertz CT molecular complexity index is 987. The highest BCUT2D eigenvalue weighted by Gasteiger charge is 2.16. The van der Waals surface area contributed by atoms with Crippen molar-refractivity contribution in [3.8, 4) is 0 Å². The Hall–Kier alpha value is -2.40. The van der Waals surface area contributed by atoms with Crippen LogP contribution < -0.4 is 0 Å². The second-order valence-corrected chi connectivity index (χ2v) is 11.1. The minimum Gasteiger partial charge on any atom is -0.389 e. The monoisotopic (exact) mass is 476 g/mol. The summed E-state index contributed by atoms with van der Waals surface area (Å²) >= 11 is 0. The number of aliphatic hydroxyl groups excluding tert-OH is 1. The Morgan fingerprint density at radius 3 is 2.29 bits per heavy atom. The molecule has 3 aromatic rings. The molecular formula is C31H44N2O2. The normalized spacial score (nSPS) is 13.0. The SMILES string of the molecule is CC(C)CCN(Cc1cccn1Cc1ccc(C(C)(C)C)cc1)CC(O)COCc1ccccc1. The quantitative estimate of drug-likeness (QED) is 0.316. The van der Waals surface area contributed by atoms with Gasteiger partial charge in [-0.1, -0.05) is 89.2 Å². The zero-order chi connectivity index (χ0) is 25.3. The number of rotatable bonds is 13. The third-order valence-corrected chi connectivity index (χ3v) is 6.40.